The number of aromatic amines is 1. The molecule has 0 atom stereocenters. The van der Waals surface area contributed by atoms with Gasteiger partial charge >= 0.3 is 6.18 Å². The second-order valence-electron chi connectivity index (χ2n) is 5.71. The number of benzene rings is 1. The first-order valence-electron chi connectivity index (χ1n) is 7.06. The Morgan fingerprint density at radius 2 is 2.08 bits per heavy atom. The third-order valence-corrected chi connectivity index (χ3v) is 4.90. The van der Waals surface area contributed by atoms with Crippen molar-refractivity contribution in [2.45, 2.75) is 24.9 Å². The Bertz CT molecular complexity index is 1100. The first-order chi connectivity index (χ1) is 11.3. The van der Waals surface area contributed by atoms with Crippen molar-refractivity contribution in [3.8, 4) is 6.07 Å². The number of fused-ring (bicyclic) bond motifs is 3. The lowest BCUT2D eigenvalue weighted by molar-refractivity contribution is -0.138. The van der Waals surface area contributed by atoms with E-state index in [1.165, 1.54) is 4.52 Å². The predicted octanol–water partition coefficient (Wildman–Crippen LogP) is 3.71. The van der Waals surface area contributed by atoms with Gasteiger partial charge in [-0.05, 0) is 34.8 Å². The van der Waals surface area contributed by atoms with Gasteiger partial charge in [-0.3, -0.25) is 4.79 Å². The topological polar surface area (TPSA) is 73.9 Å². The second kappa shape index (κ2) is 4.83. The Kier molecular flexibility index (Phi) is 3.06. The molecular formula is C15H8BrF3N4O. The Labute approximate surface area is 140 Å². The van der Waals surface area contributed by atoms with E-state index in [-0.39, 0.29) is 22.4 Å². The molecule has 1 saturated carbocycles. The van der Waals surface area contributed by atoms with Crippen molar-refractivity contribution in [1.29, 1.82) is 5.26 Å². The Morgan fingerprint density at radius 3 is 2.67 bits per heavy atom. The Balaban J connectivity index is 2.20. The summed E-state index contributed by atoms with van der Waals surface area (Å²) in [5, 5.41) is 13.5. The lowest BCUT2D eigenvalue weighted by atomic mass is 10.1. The number of hydrogen-bond donors (Lipinski definition) is 1. The zero-order valence-corrected chi connectivity index (χ0v) is 13.5. The molecule has 2 heterocycles. The van der Waals surface area contributed by atoms with Crippen molar-refractivity contribution >= 4 is 32.5 Å². The third kappa shape index (κ3) is 2.13. The summed E-state index contributed by atoms with van der Waals surface area (Å²) in [4.78, 5) is 14.9. The van der Waals surface area contributed by atoms with Crippen molar-refractivity contribution in [2.24, 2.45) is 0 Å². The minimum absolute atomic E-state index is 0.0345. The SMILES string of the molecule is N#Cc1c(Br)c(C(F)(F)F)cc2c1c(=O)[nH]c1cc(C3CC3)nn12. The van der Waals surface area contributed by atoms with Gasteiger partial charge in [-0.1, -0.05) is 0 Å². The number of aromatic nitrogens is 3. The molecule has 4 rings (SSSR count). The molecule has 0 aliphatic heterocycles. The summed E-state index contributed by atoms with van der Waals surface area (Å²) < 4.78 is 40.7. The maximum absolute atomic E-state index is 13.3. The zero-order valence-electron chi connectivity index (χ0n) is 11.9. The lowest BCUT2D eigenvalue weighted by Crippen LogP contribution is -2.15. The molecule has 0 saturated heterocycles. The van der Waals surface area contributed by atoms with Crippen molar-refractivity contribution in [3.63, 3.8) is 0 Å². The van der Waals surface area contributed by atoms with Crippen LogP contribution in [-0.2, 0) is 6.18 Å². The molecule has 24 heavy (non-hydrogen) atoms. The molecule has 1 aromatic carbocycles. The van der Waals surface area contributed by atoms with Gasteiger partial charge in [0.25, 0.3) is 5.56 Å². The van der Waals surface area contributed by atoms with Crippen molar-refractivity contribution in [1.82, 2.24) is 14.6 Å². The number of nitrogens with zero attached hydrogens (tertiary/aromatic N) is 3. The third-order valence-electron chi connectivity index (χ3n) is 4.08. The fraction of sp³-hybridized carbons (Fsp3) is 0.267. The van der Waals surface area contributed by atoms with E-state index in [0.717, 1.165) is 24.6 Å². The number of hydrogen-bond acceptors (Lipinski definition) is 3. The van der Waals surface area contributed by atoms with Gasteiger partial charge in [-0.2, -0.15) is 23.5 Å². The van der Waals surface area contributed by atoms with E-state index in [0.29, 0.717) is 5.65 Å². The van der Waals surface area contributed by atoms with Gasteiger partial charge in [0.2, 0.25) is 0 Å². The van der Waals surface area contributed by atoms with Gasteiger partial charge < -0.3 is 4.98 Å². The first kappa shape index (κ1) is 15.2. The molecule has 0 spiro atoms. The molecule has 5 nitrogen and oxygen atoms in total. The predicted molar refractivity (Wildman–Crippen MR) is 82.7 cm³/mol. The molecule has 1 aliphatic rings. The van der Waals surface area contributed by atoms with E-state index in [1.807, 2.05) is 0 Å². The van der Waals surface area contributed by atoms with Crippen LogP contribution in [-0.4, -0.2) is 14.6 Å². The molecule has 0 amide bonds. The summed E-state index contributed by atoms with van der Waals surface area (Å²) in [5.74, 6) is 0.274. The molecule has 1 fully saturated rings. The highest BCUT2D eigenvalue weighted by molar-refractivity contribution is 9.10. The van der Waals surface area contributed by atoms with Gasteiger partial charge in [0.15, 0.2) is 0 Å². The molecule has 1 N–H and O–H groups in total. The van der Waals surface area contributed by atoms with Crippen molar-refractivity contribution in [2.75, 3.05) is 0 Å². The van der Waals surface area contributed by atoms with Gasteiger partial charge in [-0.25, -0.2) is 4.52 Å². The number of halogens is 4. The number of nitrogens with one attached hydrogen (secondary N) is 1. The minimum Gasteiger partial charge on any atom is -0.306 e. The molecular weight excluding hydrogens is 389 g/mol. The van der Waals surface area contributed by atoms with E-state index in [9.17, 15) is 23.2 Å². The second-order valence-corrected chi connectivity index (χ2v) is 6.50. The molecule has 0 unspecified atom stereocenters. The summed E-state index contributed by atoms with van der Waals surface area (Å²) in [5.41, 5.74) is -0.978. The van der Waals surface area contributed by atoms with Crippen LogP contribution in [0, 0.1) is 11.3 Å². The van der Waals surface area contributed by atoms with Crippen LogP contribution in [0.1, 0.15) is 35.6 Å². The van der Waals surface area contributed by atoms with E-state index < -0.39 is 21.8 Å². The average molecular weight is 397 g/mol. The van der Waals surface area contributed by atoms with Gasteiger partial charge in [0, 0.05) is 16.5 Å². The monoisotopic (exact) mass is 396 g/mol. The normalized spacial score (nSPS) is 15.1. The molecule has 1 aliphatic carbocycles. The number of alkyl halides is 3. The molecule has 2 aromatic heterocycles. The minimum atomic E-state index is -4.67. The van der Waals surface area contributed by atoms with Crippen LogP contribution in [0.4, 0.5) is 13.2 Å². The van der Waals surface area contributed by atoms with Crippen LogP contribution in [0.3, 0.4) is 0 Å². The lowest BCUT2D eigenvalue weighted by Gasteiger charge is -2.12. The van der Waals surface area contributed by atoms with E-state index in [4.69, 9.17) is 0 Å². The van der Waals surface area contributed by atoms with E-state index in [2.05, 4.69) is 26.0 Å². The Hall–Kier alpha value is -2.34. The molecule has 0 radical (unpaired) electrons. The summed E-state index contributed by atoms with van der Waals surface area (Å²) in [6.07, 6.45) is -2.73. The standard InChI is InChI=1S/C15H8BrF3N4O/c16-13-7(5-20)12-10(3-8(13)15(17,18)19)23-11(21-14(12)24)4-9(22-23)6-1-2-6/h3-4,6H,1-2H2,(H,21,24). The number of nitriles is 1. The van der Waals surface area contributed by atoms with E-state index >= 15 is 0 Å². The summed E-state index contributed by atoms with van der Waals surface area (Å²) in [6.45, 7) is 0. The van der Waals surface area contributed by atoms with E-state index in [1.54, 1.807) is 12.1 Å². The van der Waals surface area contributed by atoms with Crippen molar-refractivity contribution in [3.05, 3.63) is 43.8 Å². The summed E-state index contributed by atoms with van der Waals surface area (Å²) in [6, 6.07) is 4.21. The van der Waals surface area contributed by atoms with Crippen LogP contribution in [0.15, 0.2) is 21.4 Å². The highest BCUT2D eigenvalue weighted by atomic mass is 79.9. The fourth-order valence-corrected chi connectivity index (χ4v) is 3.41. The Morgan fingerprint density at radius 1 is 1.38 bits per heavy atom. The van der Waals surface area contributed by atoms with Gasteiger partial charge in [0.1, 0.15) is 11.7 Å². The van der Waals surface area contributed by atoms with Crippen molar-refractivity contribution < 1.29 is 13.2 Å². The molecule has 9 heteroatoms. The summed E-state index contributed by atoms with van der Waals surface area (Å²) in [7, 11) is 0. The summed E-state index contributed by atoms with van der Waals surface area (Å²) >= 11 is 2.81. The molecule has 3 aromatic rings. The maximum Gasteiger partial charge on any atom is 0.417 e. The highest BCUT2D eigenvalue weighted by Crippen LogP contribution is 2.41. The van der Waals surface area contributed by atoms with Crippen LogP contribution in [0.25, 0.3) is 16.6 Å². The number of H-pyrrole nitrogens is 1. The van der Waals surface area contributed by atoms with Gasteiger partial charge in [0.05, 0.1) is 27.7 Å². The smallest absolute Gasteiger partial charge is 0.306 e. The molecule has 0 bridgehead atoms. The number of rotatable bonds is 1. The highest BCUT2D eigenvalue weighted by Gasteiger charge is 2.36. The van der Waals surface area contributed by atoms with Crippen LogP contribution in [0.5, 0.6) is 0 Å². The fourth-order valence-electron chi connectivity index (χ4n) is 2.78. The van der Waals surface area contributed by atoms with Crippen LogP contribution >= 0.6 is 15.9 Å². The molecule has 122 valence electrons. The van der Waals surface area contributed by atoms with Gasteiger partial charge in [-0.15, -0.1) is 0 Å². The van der Waals surface area contributed by atoms with Crippen LogP contribution < -0.4 is 5.56 Å². The zero-order chi connectivity index (χ0) is 17.2. The largest absolute Gasteiger partial charge is 0.417 e. The average Bonchev–Trinajstić information content (AvgIpc) is 3.26. The quantitative estimate of drug-likeness (QED) is 0.681. The first-order valence-corrected chi connectivity index (χ1v) is 7.86. The maximum atomic E-state index is 13.3. The van der Waals surface area contributed by atoms with Crippen LogP contribution in [0.2, 0.25) is 0 Å².